The Balaban J connectivity index is 3.89. The van der Waals surface area contributed by atoms with E-state index in [-0.39, 0.29) is 24.2 Å². The van der Waals surface area contributed by atoms with Crippen LogP contribution in [0.4, 0.5) is 4.79 Å². The number of carbonyl (C=O) groups is 1. The topological polar surface area (TPSA) is 107 Å². The van der Waals surface area contributed by atoms with Gasteiger partial charge in [0.05, 0.1) is 30.8 Å². The summed E-state index contributed by atoms with van der Waals surface area (Å²) in [6.45, 7) is 4.82. The maximum absolute atomic E-state index is 11.3. The number of carbonyl (C=O) groups excluding carboxylic acids is 1. The molecule has 18 heavy (non-hydrogen) atoms. The number of ether oxygens (including phenoxy) is 2. The minimum atomic E-state index is -0.902. The molecule has 0 aromatic heterocycles. The zero-order valence-corrected chi connectivity index (χ0v) is 10.7. The van der Waals surface area contributed by atoms with Crippen LogP contribution in [0.2, 0.25) is 0 Å². The molecule has 0 spiro atoms. The standard InChI is InChI=1S/C9H19N3O6/c1-4-11(5-6-13)12(15)10-17-7-16-9(14)18-8(2)3/h8,13H,4-7H2,1-3H3. The molecule has 0 aliphatic heterocycles. The van der Waals surface area contributed by atoms with E-state index in [9.17, 15) is 10.0 Å². The average Bonchev–Trinajstić information content (AvgIpc) is 2.30. The lowest BCUT2D eigenvalue weighted by Crippen LogP contribution is -2.33. The molecule has 0 radical (unpaired) electrons. The second kappa shape index (κ2) is 9.28. The van der Waals surface area contributed by atoms with Crippen molar-refractivity contribution in [2.45, 2.75) is 26.9 Å². The van der Waals surface area contributed by atoms with Crippen LogP contribution in [0.1, 0.15) is 20.8 Å². The molecule has 106 valence electrons. The molecule has 0 aliphatic rings. The Kier molecular flexibility index (Phi) is 8.37. The van der Waals surface area contributed by atoms with Crippen LogP contribution in [0.15, 0.2) is 5.28 Å². The van der Waals surface area contributed by atoms with Gasteiger partial charge in [-0.25, -0.2) is 4.79 Å². The predicted octanol–water partition coefficient (Wildman–Crippen LogP) is 0.629. The Hall–Kier alpha value is -1.77. The van der Waals surface area contributed by atoms with E-state index in [1.807, 2.05) is 0 Å². The number of aliphatic hydroxyl groups excluding tert-OH is 1. The Labute approximate surface area is 105 Å². The third-order valence-corrected chi connectivity index (χ3v) is 1.65. The largest absolute Gasteiger partial charge is 0.569 e. The van der Waals surface area contributed by atoms with E-state index in [1.54, 1.807) is 20.8 Å². The number of likely N-dealkylation sites (N-methyl/N-ethyl adjacent to an activating group) is 1. The third kappa shape index (κ3) is 7.49. The summed E-state index contributed by atoms with van der Waals surface area (Å²) in [4.78, 5) is 15.5. The lowest BCUT2D eigenvalue weighted by Gasteiger charge is -2.14. The van der Waals surface area contributed by atoms with Gasteiger partial charge in [0, 0.05) is 0 Å². The molecule has 9 heteroatoms. The van der Waals surface area contributed by atoms with E-state index in [4.69, 9.17) is 5.11 Å². The molecule has 0 aliphatic carbocycles. The normalized spacial score (nSPS) is 11.3. The smallest absolute Gasteiger partial charge is 0.511 e. The van der Waals surface area contributed by atoms with Gasteiger partial charge < -0.3 is 24.6 Å². The van der Waals surface area contributed by atoms with Crippen molar-refractivity contribution in [1.29, 1.82) is 0 Å². The van der Waals surface area contributed by atoms with Crippen molar-refractivity contribution < 1.29 is 29.2 Å². The summed E-state index contributed by atoms with van der Waals surface area (Å²) in [6.07, 6.45) is -1.20. The first-order chi connectivity index (χ1) is 8.51. The van der Waals surface area contributed by atoms with Crippen molar-refractivity contribution in [3.05, 3.63) is 5.21 Å². The summed E-state index contributed by atoms with van der Waals surface area (Å²) in [5.41, 5.74) is 0. The molecule has 0 amide bonds. The highest BCUT2D eigenvalue weighted by Crippen LogP contribution is 1.94. The van der Waals surface area contributed by atoms with Crippen molar-refractivity contribution in [1.82, 2.24) is 5.01 Å². The monoisotopic (exact) mass is 265 g/mol. The predicted molar refractivity (Wildman–Crippen MR) is 59.0 cm³/mol. The van der Waals surface area contributed by atoms with Gasteiger partial charge in [-0.2, -0.15) is 0 Å². The Bertz CT molecular complexity index is 271. The van der Waals surface area contributed by atoms with Gasteiger partial charge in [0.2, 0.25) is 5.28 Å². The molecule has 0 heterocycles. The van der Waals surface area contributed by atoms with Crippen LogP contribution >= 0.6 is 0 Å². The number of rotatable bonds is 8. The van der Waals surface area contributed by atoms with Crippen LogP contribution in [0, 0.1) is 5.21 Å². The molecule has 9 nitrogen and oxygen atoms in total. The molecular weight excluding hydrogens is 246 g/mol. The zero-order chi connectivity index (χ0) is 14.0. The molecule has 0 rings (SSSR count). The van der Waals surface area contributed by atoms with Crippen molar-refractivity contribution >= 4 is 6.16 Å². The van der Waals surface area contributed by atoms with Crippen LogP contribution in [-0.2, 0) is 14.3 Å². The molecule has 0 aromatic rings. The van der Waals surface area contributed by atoms with Gasteiger partial charge in [-0.3, -0.25) is 0 Å². The summed E-state index contributed by atoms with van der Waals surface area (Å²) in [5, 5.41) is 24.2. The maximum atomic E-state index is 11.3. The molecule has 0 bridgehead atoms. The first-order valence-electron chi connectivity index (χ1n) is 5.50. The number of hydrazine groups is 1. The van der Waals surface area contributed by atoms with Crippen molar-refractivity contribution in [3.8, 4) is 0 Å². The van der Waals surface area contributed by atoms with Crippen LogP contribution in [-0.4, -0.2) is 53.8 Å². The Morgan fingerprint density at radius 3 is 2.72 bits per heavy atom. The average molecular weight is 265 g/mol. The molecule has 0 unspecified atom stereocenters. The highest BCUT2D eigenvalue weighted by atomic mass is 16.8. The van der Waals surface area contributed by atoms with Crippen LogP contribution < -0.4 is 0 Å². The second-order valence-electron chi connectivity index (χ2n) is 3.41. The number of hydrogen-bond acceptors (Lipinski definition) is 7. The first kappa shape index (κ1) is 16.2. The fraction of sp³-hybridized carbons (Fsp3) is 0.889. The fourth-order valence-corrected chi connectivity index (χ4v) is 0.906. The van der Waals surface area contributed by atoms with E-state index in [1.165, 1.54) is 5.01 Å². The summed E-state index contributed by atoms with van der Waals surface area (Å²) in [6, 6.07) is 0. The molecule has 0 aromatic carbocycles. The van der Waals surface area contributed by atoms with E-state index in [0.29, 0.717) is 6.54 Å². The minimum absolute atomic E-state index is 0.128. The molecule has 1 N–H and O–H groups in total. The van der Waals surface area contributed by atoms with Gasteiger partial charge in [0.15, 0.2) is 0 Å². The van der Waals surface area contributed by atoms with Gasteiger partial charge in [0.25, 0.3) is 6.79 Å². The number of hydrogen-bond donors (Lipinski definition) is 1. The summed E-state index contributed by atoms with van der Waals surface area (Å²) >= 11 is 0. The lowest BCUT2D eigenvalue weighted by molar-refractivity contribution is -0.711. The molecule has 0 atom stereocenters. The first-order valence-corrected chi connectivity index (χ1v) is 5.50. The molecular formula is C9H19N3O6. The summed E-state index contributed by atoms with van der Waals surface area (Å²) < 4.78 is 9.11. The second-order valence-corrected chi connectivity index (χ2v) is 3.41. The van der Waals surface area contributed by atoms with Crippen LogP contribution in [0.25, 0.3) is 0 Å². The van der Waals surface area contributed by atoms with E-state index < -0.39 is 12.9 Å². The highest BCUT2D eigenvalue weighted by molar-refractivity contribution is 5.59. The molecule has 0 fully saturated rings. The van der Waals surface area contributed by atoms with Gasteiger partial charge in [0.1, 0.15) is 0 Å². The van der Waals surface area contributed by atoms with Gasteiger partial charge in [-0.05, 0) is 20.8 Å². The van der Waals surface area contributed by atoms with Crippen molar-refractivity contribution in [2.24, 2.45) is 5.28 Å². The van der Waals surface area contributed by atoms with Crippen LogP contribution in [0.3, 0.4) is 0 Å². The molecule has 0 saturated carbocycles. The maximum Gasteiger partial charge on any atom is 0.511 e. The highest BCUT2D eigenvalue weighted by Gasteiger charge is 2.10. The Morgan fingerprint density at radius 1 is 1.56 bits per heavy atom. The lowest BCUT2D eigenvalue weighted by atomic mass is 10.5. The van der Waals surface area contributed by atoms with E-state index in [0.717, 1.165) is 0 Å². The van der Waals surface area contributed by atoms with Gasteiger partial charge in [-0.15, -0.1) is 5.01 Å². The quantitative estimate of drug-likeness (QED) is 0.171. The summed E-state index contributed by atoms with van der Waals surface area (Å²) in [5.74, 6) is 0. The van der Waals surface area contributed by atoms with Crippen LogP contribution in [0.5, 0.6) is 0 Å². The third-order valence-electron chi connectivity index (χ3n) is 1.65. The number of nitrogens with zero attached hydrogens (tertiary/aromatic N) is 3. The minimum Gasteiger partial charge on any atom is -0.569 e. The number of aliphatic hydroxyl groups is 1. The van der Waals surface area contributed by atoms with Gasteiger partial charge >= 0.3 is 6.16 Å². The Morgan fingerprint density at radius 2 is 2.22 bits per heavy atom. The van der Waals surface area contributed by atoms with Gasteiger partial charge in [-0.1, -0.05) is 0 Å². The van der Waals surface area contributed by atoms with E-state index in [2.05, 4.69) is 19.6 Å². The molecule has 0 saturated heterocycles. The van der Waals surface area contributed by atoms with Crippen molar-refractivity contribution in [2.75, 3.05) is 26.5 Å². The fourth-order valence-electron chi connectivity index (χ4n) is 0.906. The van der Waals surface area contributed by atoms with Crippen molar-refractivity contribution in [3.63, 3.8) is 0 Å². The summed E-state index contributed by atoms with van der Waals surface area (Å²) in [7, 11) is 0. The zero-order valence-electron chi connectivity index (χ0n) is 10.7. The SMILES string of the molecule is CCN(CCO)[N+]([O-])=NOCOC(=O)OC(C)C. The van der Waals surface area contributed by atoms with E-state index >= 15 is 0 Å².